The van der Waals surface area contributed by atoms with Crippen molar-refractivity contribution < 1.29 is 4.92 Å². The van der Waals surface area contributed by atoms with E-state index in [0.717, 1.165) is 6.33 Å². The minimum absolute atomic E-state index is 0.0170. The largest absolute Gasteiger partial charge is 0.354 e. The Balaban J connectivity index is 2.62. The molecule has 0 atom stereocenters. The van der Waals surface area contributed by atoms with E-state index in [1.807, 2.05) is 12.1 Å². The van der Waals surface area contributed by atoms with Gasteiger partial charge in [0.2, 0.25) is 11.6 Å². The molecule has 10 nitrogen and oxygen atoms in total. The van der Waals surface area contributed by atoms with Crippen LogP contribution in [0.3, 0.4) is 0 Å². The van der Waals surface area contributed by atoms with Gasteiger partial charge in [0.15, 0.2) is 0 Å². The zero-order valence-corrected chi connectivity index (χ0v) is 10.6. The van der Waals surface area contributed by atoms with Crippen LogP contribution in [0.4, 0.5) is 11.5 Å². The molecule has 2 aromatic heterocycles. The minimum atomic E-state index is -0.646. The third-order valence-electron chi connectivity index (χ3n) is 2.54. The van der Waals surface area contributed by atoms with E-state index in [4.69, 9.17) is 10.5 Å². The molecule has 0 radical (unpaired) electrons. The molecular formula is C11H8N8O2. The maximum atomic E-state index is 11.4. The van der Waals surface area contributed by atoms with Gasteiger partial charge in [-0.3, -0.25) is 14.7 Å². The van der Waals surface area contributed by atoms with Crippen LogP contribution in [-0.2, 0) is 0 Å². The van der Waals surface area contributed by atoms with E-state index in [1.165, 1.54) is 28.2 Å². The summed E-state index contributed by atoms with van der Waals surface area (Å²) in [6.45, 7) is -0.399. The summed E-state index contributed by atoms with van der Waals surface area (Å²) >= 11 is 0. The van der Waals surface area contributed by atoms with Gasteiger partial charge in [-0.25, -0.2) is 15.0 Å². The Bertz CT molecular complexity index is 712. The van der Waals surface area contributed by atoms with Crippen LogP contribution in [0.25, 0.3) is 5.82 Å². The Hall–Kier alpha value is -3.53. The van der Waals surface area contributed by atoms with E-state index >= 15 is 0 Å². The van der Waals surface area contributed by atoms with Crippen LogP contribution < -0.4 is 4.90 Å². The fraction of sp³-hybridized carbons (Fsp3) is 0.182. The monoisotopic (exact) mass is 284 g/mol. The Kier molecular flexibility index (Phi) is 4.02. The summed E-state index contributed by atoms with van der Waals surface area (Å²) in [6, 6.07) is 3.69. The number of aromatic nitrogens is 4. The second-order valence-electron chi connectivity index (χ2n) is 3.77. The Labute approximate surface area is 118 Å². The number of nitrogens with zero attached hydrogens (tertiary/aromatic N) is 8. The van der Waals surface area contributed by atoms with E-state index < -0.39 is 4.92 Å². The van der Waals surface area contributed by atoms with Gasteiger partial charge in [0, 0.05) is 12.4 Å². The van der Waals surface area contributed by atoms with Crippen molar-refractivity contribution >= 4 is 11.5 Å². The number of nitro groups is 1. The summed E-state index contributed by atoms with van der Waals surface area (Å²) in [5.74, 6) is -0.0646. The first-order chi connectivity index (χ1) is 10.2. The van der Waals surface area contributed by atoms with Gasteiger partial charge in [0.1, 0.15) is 25.7 Å². The van der Waals surface area contributed by atoms with Crippen molar-refractivity contribution in [3.05, 3.63) is 35.2 Å². The first kappa shape index (κ1) is 13.9. The summed E-state index contributed by atoms with van der Waals surface area (Å²) in [7, 11) is 0. The highest BCUT2D eigenvalue weighted by Gasteiger charge is 2.27. The number of hydrogen-bond acceptors (Lipinski definition) is 8. The molecule has 0 aliphatic rings. The zero-order chi connectivity index (χ0) is 15.2. The lowest BCUT2D eigenvalue weighted by Crippen LogP contribution is -2.26. The average molecular weight is 284 g/mol. The molecule has 0 amide bonds. The maximum Gasteiger partial charge on any atom is 0.354 e. The fourth-order valence-corrected chi connectivity index (χ4v) is 1.70. The van der Waals surface area contributed by atoms with Crippen molar-refractivity contribution in [1.82, 2.24) is 19.5 Å². The van der Waals surface area contributed by atoms with Gasteiger partial charge in [-0.15, -0.1) is 0 Å². The van der Waals surface area contributed by atoms with Gasteiger partial charge < -0.3 is 4.90 Å². The molecule has 0 saturated carbocycles. The molecule has 21 heavy (non-hydrogen) atoms. The molecule has 2 heterocycles. The van der Waals surface area contributed by atoms with E-state index in [0.29, 0.717) is 0 Å². The van der Waals surface area contributed by atoms with E-state index in [1.54, 1.807) is 0 Å². The molecule has 0 unspecified atom stereocenters. The Morgan fingerprint density at radius 1 is 1.33 bits per heavy atom. The molecule has 0 spiro atoms. The summed E-state index contributed by atoms with van der Waals surface area (Å²) in [5, 5.41) is 28.9. The molecule has 2 aromatic rings. The van der Waals surface area contributed by atoms with Crippen molar-refractivity contribution in [2.24, 2.45) is 0 Å². The van der Waals surface area contributed by atoms with Gasteiger partial charge in [0.25, 0.3) is 0 Å². The zero-order valence-electron chi connectivity index (χ0n) is 10.6. The van der Waals surface area contributed by atoms with Crippen molar-refractivity contribution in [3.8, 4) is 18.0 Å². The molecule has 0 fully saturated rings. The fourth-order valence-electron chi connectivity index (χ4n) is 1.70. The van der Waals surface area contributed by atoms with Crippen LogP contribution >= 0.6 is 0 Å². The van der Waals surface area contributed by atoms with Crippen LogP contribution in [0.1, 0.15) is 0 Å². The summed E-state index contributed by atoms with van der Waals surface area (Å²) in [6.07, 6.45) is 5.45. The first-order valence-corrected chi connectivity index (χ1v) is 5.65. The second-order valence-corrected chi connectivity index (χ2v) is 3.77. The van der Waals surface area contributed by atoms with Gasteiger partial charge in [0.05, 0.1) is 17.1 Å². The van der Waals surface area contributed by atoms with E-state index in [2.05, 4.69) is 15.0 Å². The molecule has 0 aliphatic carbocycles. The molecular weight excluding hydrogens is 276 g/mol. The molecule has 10 heteroatoms. The third-order valence-corrected chi connectivity index (χ3v) is 2.54. The number of hydrogen-bond donors (Lipinski definition) is 0. The molecule has 104 valence electrons. The second kappa shape index (κ2) is 6.08. The van der Waals surface area contributed by atoms with Crippen molar-refractivity contribution in [2.75, 3.05) is 18.0 Å². The average Bonchev–Trinajstić information content (AvgIpc) is 3.00. The predicted octanol–water partition coefficient (Wildman–Crippen LogP) is 0.424. The van der Waals surface area contributed by atoms with Crippen molar-refractivity contribution in [2.45, 2.75) is 0 Å². The normalized spacial score (nSPS) is 9.62. The molecule has 0 aromatic carbocycles. The van der Waals surface area contributed by atoms with Crippen molar-refractivity contribution in [1.29, 1.82) is 10.5 Å². The standard InChI is InChI=1S/C11H8N8O2/c12-1-4-17(5-2-13)10-9(19(20)21)11(16-7-15-10)18-6-3-14-8-18/h3,6-8H,4-5H2. The topological polar surface area (TPSA) is 138 Å². The third kappa shape index (κ3) is 2.74. The highest BCUT2D eigenvalue weighted by atomic mass is 16.6. The van der Waals surface area contributed by atoms with E-state index in [-0.39, 0.29) is 30.4 Å². The quantitative estimate of drug-likeness (QED) is 0.437. The maximum absolute atomic E-state index is 11.4. The molecule has 0 N–H and O–H groups in total. The van der Waals surface area contributed by atoms with Crippen LogP contribution in [0.2, 0.25) is 0 Å². The lowest BCUT2D eigenvalue weighted by atomic mass is 10.3. The van der Waals surface area contributed by atoms with Crippen molar-refractivity contribution in [3.63, 3.8) is 0 Å². The van der Waals surface area contributed by atoms with Gasteiger partial charge in [-0.05, 0) is 0 Å². The molecule has 2 rings (SSSR count). The number of rotatable bonds is 5. The van der Waals surface area contributed by atoms with Gasteiger partial charge in [-0.2, -0.15) is 10.5 Å². The van der Waals surface area contributed by atoms with Crippen LogP contribution in [-0.4, -0.2) is 37.5 Å². The molecule has 0 aliphatic heterocycles. The Morgan fingerprint density at radius 2 is 2.05 bits per heavy atom. The lowest BCUT2D eigenvalue weighted by molar-refractivity contribution is -0.384. The summed E-state index contributed by atoms with van der Waals surface area (Å²) < 4.78 is 1.36. The summed E-state index contributed by atoms with van der Waals surface area (Å²) in [5.41, 5.74) is -0.388. The first-order valence-electron chi connectivity index (χ1n) is 5.65. The SMILES string of the molecule is N#CCN(CC#N)c1ncnc(-n2ccnc2)c1[N+](=O)[O-]. The number of imidazole rings is 1. The highest BCUT2D eigenvalue weighted by Crippen LogP contribution is 2.30. The molecule has 0 saturated heterocycles. The minimum Gasteiger partial charge on any atom is -0.324 e. The number of nitriles is 2. The number of anilines is 1. The predicted molar refractivity (Wildman–Crippen MR) is 69.2 cm³/mol. The smallest absolute Gasteiger partial charge is 0.324 e. The Morgan fingerprint density at radius 3 is 2.57 bits per heavy atom. The molecule has 0 bridgehead atoms. The van der Waals surface area contributed by atoms with Crippen LogP contribution in [0, 0.1) is 32.8 Å². The van der Waals surface area contributed by atoms with Gasteiger partial charge >= 0.3 is 5.69 Å². The summed E-state index contributed by atoms with van der Waals surface area (Å²) in [4.78, 5) is 23.4. The van der Waals surface area contributed by atoms with Gasteiger partial charge in [-0.1, -0.05) is 0 Å². The highest BCUT2D eigenvalue weighted by molar-refractivity contribution is 5.66. The van der Waals surface area contributed by atoms with E-state index in [9.17, 15) is 10.1 Å². The van der Waals surface area contributed by atoms with Crippen LogP contribution in [0.15, 0.2) is 25.0 Å². The lowest BCUT2D eigenvalue weighted by Gasteiger charge is -2.17. The van der Waals surface area contributed by atoms with Crippen LogP contribution in [0.5, 0.6) is 0 Å².